The summed E-state index contributed by atoms with van der Waals surface area (Å²) >= 11 is 0. The summed E-state index contributed by atoms with van der Waals surface area (Å²) in [7, 11) is 0. The van der Waals surface area contributed by atoms with Crippen LogP contribution in [0.1, 0.15) is 22.7 Å². The Hall–Kier alpha value is -3.12. The van der Waals surface area contributed by atoms with Crippen LogP contribution in [0.25, 0.3) is 0 Å². The van der Waals surface area contributed by atoms with Gasteiger partial charge in [0.15, 0.2) is 0 Å². The Balaban J connectivity index is 1.71. The van der Waals surface area contributed by atoms with Gasteiger partial charge in [-0.05, 0) is 47.0 Å². The Kier molecular flexibility index (Phi) is 6.01. The van der Waals surface area contributed by atoms with Gasteiger partial charge >= 0.3 is 0 Å². The molecule has 0 spiro atoms. The van der Waals surface area contributed by atoms with Gasteiger partial charge in [0.05, 0.1) is 0 Å². The highest BCUT2D eigenvalue weighted by Crippen LogP contribution is 2.15. The van der Waals surface area contributed by atoms with E-state index < -0.39 is 6.04 Å². The first kappa shape index (κ1) is 17.7. The third-order valence-electron chi connectivity index (χ3n) is 3.91. The van der Waals surface area contributed by atoms with Crippen molar-refractivity contribution in [2.24, 2.45) is 0 Å². The number of rotatable bonds is 7. The van der Waals surface area contributed by atoms with Gasteiger partial charge in [0.25, 0.3) is 0 Å². The van der Waals surface area contributed by atoms with E-state index in [4.69, 9.17) is 0 Å². The van der Waals surface area contributed by atoms with Crippen LogP contribution >= 0.6 is 0 Å². The second kappa shape index (κ2) is 8.82. The Morgan fingerprint density at radius 3 is 2.38 bits per heavy atom. The fourth-order valence-electron chi connectivity index (χ4n) is 2.53. The molecule has 1 unspecified atom stereocenters. The van der Waals surface area contributed by atoms with Crippen LogP contribution in [0.2, 0.25) is 0 Å². The highest BCUT2D eigenvalue weighted by molar-refractivity contribution is 5.83. The minimum atomic E-state index is -0.599. The highest BCUT2D eigenvalue weighted by Gasteiger charge is 2.20. The van der Waals surface area contributed by atoms with Crippen LogP contribution < -0.4 is 10.6 Å². The van der Waals surface area contributed by atoms with Gasteiger partial charge in [-0.25, -0.2) is 4.39 Å². The molecule has 3 rings (SSSR count). The lowest BCUT2D eigenvalue weighted by atomic mass is 10.1. The van der Waals surface area contributed by atoms with E-state index in [0.29, 0.717) is 18.7 Å². The summed E-state index contributed by atoms with van der Waals surface area (Å²) in [5.74, 6) is -0.519. The Labute approximate surface area is 151 Å². The number of carbonyl (C=O) groups excluding carboxylic acids is 1. The summed E-state index contributed by atoms with van der Waals surface area (Å²) in [6.07, 6.45) is 6.80. The van der Waals surface area contributed by atoms with Gasteiger partial charge in [-0.1, -0.05) is 18.2 Å². The van der Waals surface area contributed by atoms with Crippen LogP contribution in [0, 0.1) is 5.82 Å². The number of hydrogen-bond acceptors (Lipinski definition) is 4. The first-order valence-electron chi connectivity index (χ1n) is 8.27. The fraction of sp³-hybridized carbons (Fsp3) is 0.150. The van der Waals surface area contributed by atoms with E-state index >= 15 is 0 Å². The molecule has 2 N–H and O–H groups in total. The minimum Gasteiger partial charge on any atom is -0.350 e. The SMILES string of the molecule is O=C(NCc1ccncc1)C(NCc1cccnc1)c1ccc(F)cc1. The zero-order valence-electron chi connectivity index (χ0n) is 14.1. The third-order valence-corrected chi connectivity index (χ3v) is 3.91. The van der Waals surface area contributed by atoms with E-state index in [2.05, 4.69) is 20.6 Å². The van der Waals surface area contributed by atoms with Crippen molar-refractivity contribution >= 4 is 5.91 Å². The summed E-state index contributed by atoms with van der Waals surface area (Å²) in [4.78, 5) is 20.8. The van der Waals surface area contributed by atoms with E-state index in [1.807, 2.05) is 24.3 Å². The van der Waals surface area contributed by atoms with Crippen LogP contribution in [-0.4, -0.2) is 15.9 Å². The average molecular weight is 350 g/mol. The summed E-state index contributed by atoms with van der Waals surface area (Å²) in [6.45, 7) is 0.867. The maximum atomic E-state index is 13.2. The van der Waals surface area contributed by atoms with Crippen LogP contribution in [-0.2, 0) is 17.9 Å². The van der Waals surface area contributed by atoms with Gasteiger partial charge in [-0.15, -0.1) is 0 Å². The molecular weight excluding hydrogens is 331 g/mol. The van der Waals surface area contributed by atoms with Gasteiger partial charge in [0.2, 0.25) is 5.91 Å². The predicted molar refractivity (Wildman–Crippen MR) is 96.3 cm³/mol. The molecule has 1 amide bonds. The van der Waals surface area contributed by atoms with Crippen LogP contribution in [0.15, 0.2) is 73.3 Å². The molecule has 0 saturated carbocycles. The maximum absolute atomic E-state index is 13.2. The molecular formula is C20H19FN4O. The second-order valence-corrected chi connectivity index (χ2v) is 5.80. The largest absolute Gasteiger partial charge is 0.350 e. The molecule has 5 nitrogen and oxygen atoms in total. The van der Waals surface area contributed by atoms with Crippen molar-refractivity contribution in [3.8, 4) is 0 Å². The first-order chi connectivity index (χ1) is 12.7. The quantitative estimate of drug-likeness (QED) is 0.688. The first-order valence-corrected chi connectivity index (χ1v) is 8.27. The lowest BCUT2D eigenvalue weighted by Gasteiger charge is -2.19. The standard InChI is InChI=1S/C20H19FN4O/c21-18-5-3-17(4-6-18)19(24-14-16-2-1-9-23-12-16)20(26)25-13-15-7-10-22-11-8-15/h1-12,19,24H,13-14H2,(H,25,26). The van der Waals surface area contributed by atoms with Gasteiger partial charge in [-0.3, -0.25) is 20.1 Å². The molecule has 3 aromatic rings. The Morgan fingerprint density at radius 1 is 0.923 bits per heavy atom. The van der Waals surface area contributed by atoms with E-state index in [1.165, 1.54) is 12.1 Å². The molecule has 26 heavy (non-hydrogen) atoms. The van der Waals surface area contributed by atoms with Gasteiger partial charge in [-0.2, -0.15) is 0 Å². The van der Waals surface area contributed by atoms with Crippen molar-refractivity contribution in [1.29, 1.82) is 0 Å². The lowest BCUT2D eigenvalue weighted by Crippen LogP contribution is -2.37. The van der Waals surface area contributed by atoms with Crippen molar-refractivity contribution < 1.29 is 9.18 Å². The fourth-order valence-corrected chi connectivity index (χ4v) is 2.53. The number of aromatic nitrogens is 2. The molecule has 2 heterocycles. The Bertz CT molecular complexity index is 825. The molecule has 0 radical (unpaired) electrons. The molecule has 6 heteroatoms. The molecule has 0 fully saturated rings. The molecule has 132 valence electrons. The number of nitrogens with zero attached hydrogens (tertiary/aromatic N) is 2. The number of amides is 1. The smallest absolute Gasteiger partial charge is 0.242 e. The summed E-state index contributed by atoms with van der Waals surface area (Å²) < 4.78 is 13.2. The zero-order chi connectivity index (χ0) is 18.2. The molecule has 2 aromatic heterocycles. The van der Waals surface area contributed by atoms with Crippen LogP contribution in [0.3, 0.4) is 0 Å². The molecule has 0 aliphatic carbocycles. The van der Waals surface area contributed by atoms with Gasteiger partial charge in [0.1, 0.15) is 11.9 Å². The number of nitrogens with one attached hydrogen (secondary N) is 2. The van der Waals surface area contributed by atoms with Gasteiger partial charge in [0, 0.05) is 37.9 Å². The van der Waals surface area contributed by atoms with Crippen LogP contribution in [0.5, 0.6) is 0 Å². The van der Waals surface area contributed by atoms with Crippen molar-refractivity contribution in [1.82, 2.24) is 20.6 Å². The van der Waals surface area contributed by atoms with Crippen LogP contribution in [0.4, 0.5) is 4.39 Å². The summed E-state index contributed by atoms with van der Waals surface area (Å²) in [5, 5.41) is 6.13. The number of halogens is 1. The predicted octanol–water partition coefficient (Wildman–Crippen LogP) is 2.76. The maximum Gasteiger partial charge on any atom is 0.242 e. The van der Waals surface area contributed by atoms with E-state index in [0.717, 1.165) is 11.1 Å². The number of hydrogen-bond donors (Lipinski definition) is 2. The highest BCUT2D eigenvalue weighted by atomic mass is 19.1. The molecule has 0 aliphatic heterocycles. The molecule has 0 bridgehead atoms. The van der Waals surface area contributed by atoms with Crippen molar-refractivity contribution in [2.45, 2.75) is 19.1 Å². The van der Waals surface area contributed by atoms with E-state index in [-0.39, 0.29) is 11.7 Å². The van der Waals surface area contributed by atoms with E-state index in [1.54, 1.807) is 36.9 Å². The minimum absolute atomic E-state index is 0.183. The molecule has 0 aliphatic rings. The summed E-state index contributed by atoms with van der Waals surface area (Å²) in [6, 6.07) is 12.8. The lowest BCUT2D eigenvalue weighted by molar-refractivity contribution is -0.123. The third kappa shape index (κ3) is 4.94. The molecule has 1 atom stereocenters. The normalized spacial score (nSPS) is 11.7. The number of pyridine rings is 2. The van der Waals surface area contributed by atoms with Gasteiger partial charge < -0.3 is 5.32 Å². The second-order valence-electron chi connectivity index (χ2n) is 5.80. The van der Waals surface area contributed by atoms with Crippen molar-refractivity contribution in [3.63, 3.8) is 0 Å². The topological polar surface area (TPSA) is 66.9 Å². The molecule has 1 aromatic carbocycles. The average Bonchev–Trinajstić information content (AvgIpc) is 2.69. The monoisotopic (exact) mass is 350 g/mol. The van der Waals surface area contributed by atoms with Crippen molar-refractivity contribution in [2.75, 3.05) is 0 Å². The summed E-state index contributed by atoms with van der Waals surface area (Å²) in [5.41, 5.74) is 2.61. The van der Waals surface area contributed by atoms with Crippen molar-refractivity contribution in [3.05, 3.63) is 95.8 Å². The zero-order valence-corrected chi connectivity index (χ0v) is 14.1. The number of benzene rings is 1. The molecule has 0 saturated heterocycles. The van der Waals surface area contributed by atoms with E-state index in [9.17, 15) is 9.18 Å². The Morgan fingerprint density at radius 2 is 1.69 bits per heavy atom. The number of carbonyl (C=O) groups is 1.